The van der Waals surface area contributed by atoms with Crippen molar-refractivity contribution in [2.75, 3.05) is 11.4 Å². The van der Waals surface area contributed by atoms with E-state index in [1.54, 1.807) is 4.90 Å². The average molecular weight is 313 g/mol. The Morgan fingerprint density at radius 3 is 2.50 bits per heavy atom. The summed E-state index contributed by atoms with van der Waals surface area (Å²) in [5.74, 6) is 0.516. The Kier molecular flexibility index (Phi) is 3.53. The number of rotatable bonds is 2. The Morgan fingerprint density at radius 1 is 1.23 bits per heavy atom. The van der Waals surface area contributed by atoms with E-state index in [1.165, 1.54) is 11.3 Å². The van der Waals surface area contributed by atoms with E-state index in [-0.39, 0.29) is 11.2 Å². The third kappa shape index (κ3) is 2.52. The lowest BCUT2D eigenvalue weighted by Crippen LogP contribution is -2.25. The predicted octanol–water partition coefficient (Wildman–Crippen LogP) is 4.21. The van der Waals surface area contributed by atoms with Gasteiger partial charge in [0.1, 0.15) is 16.6 Å². The van der Waals surface area contributed by atoms with E-state index in [4.69, 9.17) is 5.41 Å². The van der Waals surface area contributed by atoms with Crippen molar-refractivity contribution in [3.05, 3.63) is 52.2 Å². The van der Waals surface area contributed by atoms with E-state index < -0.39 is 0 Å². The number of aliphatic hydroxyl groups excluding tert-OH is 1. The molecular weight excluding hydrogens is 294 g/mol. The minimum absolute atomic E-state index is 0.0369. The maximum Gasteiger partial charge on any atom is 0.139 e. The molecule has 4 nitrogen and oxygen atoms in total. The molecule has 0 saturated heterocycles. The van der Waals surface area contributed by atoms with Gasteiger partial charge in [0.15, 0.2) is 0 Å². The normalized spacial score (nSPS) is 15.8. The van der Waals surface area contributed by atoms with Crippen molar-refractivity contribution >= 4 is 28.4 Å². The van der Waals surface area contributed by atoms with Crippen LogP contribution in [0.15, 0.2) is 41.5 Å². The molecule has 3 rings (SSSR count). The van der Waals surface area contributed by atoms with Gasteiger partial charge in [-0.25, -0.2) is 4.98 Å². The summed E-state index contributed by atoms with van der Waals surface area (Å²) in [6.07, 6.45) is 0. The van der Waals surface area contributed by atoms with Gasteiger partial charge in [0.2, 0.25) is 0 Å². The molecule has 1 aliphatic heterocycles. The summed E-state index contributed by atoms with van der Waals surface area (Å²) in [4.78, 5) is 6.42. The smallest absolute Gasteiger partial charge is 0.139 e. The SMILES string of the molecule is CC(C)(C)c1csc(C2=C(O)CN(c3ccccc3)C2=N)n1. The van der Waals surface area contributed by atoms with Crippen molar-refractivity contribution in [2.24, 2.45) is 0 Å². The maximum atomic E-state index is 10.3. The number of aliphatic hydroxyl groups is 1. The van der Waals surface area contributed by atoms with Crippen LogP contribution in [0.25, 0.3) is 5.57 Å². The molecular formula is C17H19N3OS. The highest BCUT2D eigenvalue weighted by Gasteiger charge is 2.31. The topological polar surface area (TPSA) is 60.2 Å². The molecule has 0 aliphatic carbocycles. The third-order valence-electron chi connectivity index (χ3n) is 3.66. The van der Waals surface area contributed by atoms with Crippen molar-refractivity contribution in [1.82, 2.24) is 4.98 Å². The summed E-state index contributed by atoms with van der Waals surface area (Å²) in [5.41, 5.74) is 2.40. The summed E-state index contributed by atoms with van der Waals surface area (Å²) < 4.78 is 0. The fraction of sp³-hybridized carbons (Fsp3) is 0.294. The van der Waals surface area contributed by atoms with Crippen molar-refractivity contribution in [1.29, 1.82) is 5.41 Å². The molecule has 2 N–H and O–H groups in total. The third-order valence-corrected chi connectivity index (χ3v) is 4.52. The van der Waals surface area contributed by atoms with Crippen LogP contribution >= 0.6 is 11.3 Å². The zero-order chi connectivity index (χ0) is 15.9. The number of hydrogen-bond acceptors (Lipinski definition) is 4. The lowest BCUT2D eigenvalue weighted by Gasteiger charge is -2.18. The van der Waals surface area contributed by atoms with E-state index in [2.05, 4.69) is 25.8 Å². The minimum Gasteiger partial charge on any atom is -0.510 e. The number of benzene rings is 1. The molecule has 2 aromatic rings. The second kappa shape index (κ2) is 5.25. The van der Waals surface area contributed by atoms with Gasteiger partial charge in [-0.2, -0.15) is 0 Å². The average Bonchev–Trinajstić information content (AvgIpc) is 3.04. The zero-order valence-electron chi connectivity index (χ0n) is 12.9. The first-order valence-corrected chi connectivity index (χ1v) is 8.06. The van der Waals surface area contributed by atoms with Crippen LogP contribution < -0.4 is 4.90 Å². The van der Waals surface area contributed by atoms with Crippen molar-refractivity contribution < 1.29 is 5.11 Å². The van der Waals surface area contributed by atoms with Gasteiger partial charge in [-0.3, -0.25) is 5.41 Å². The predicted molar refractivity (Wildman–Crippen MR) is 91.9 cm³/mol. The first-order valence-electron chi connectivity index (χ1n) is 7.18. The highest BCUT2D eigenvalue weighted by atomic mass is 32.1. The Morgan fingerprint density at radius 2 is 1.91 bits per heavy atom. The van der Waals surface area contributed by atoms with Gasteiger partial charge in [0.25, 0.3) is 0 Å². The van der Waals surface area contributed by atoms with Gasteiger partial charge in [-0.05, 0) is 12.1 Å². The highest BCUT2D eigenvalue weighted by Crippen LogP contribution is 2.34. The van der Waals surface area contributed by atoms with Crippen LogP contribution in [0.2, 0.25) is 0 Å². The van der Waals surface area contributed by atoms with Crippen LogP contribution in [-0.4, -0.2) is 22.5 Å². The molecule has 22 heavy (non-hydrogen) atoms. The molecule has 0 saturated carbocycles. The molecule has 1 aromatic carbocycles. The summed E-state index contributed by atoms with van der Waals surface area (Å²) in [6, 6.07) is 9.67. The van der Waals surface area contributed by atoms with Crippen molar-refractivity contribution in [3.63, 3.8) is 0 Å². The molecule has 0 unspecified atom stereocenters. The van der Waals surface area contributed by atoms with Crippen LogP contribution in [-0.2, 0) is 5.41 Å². The van der Waals surface area contributed by atoms with Crippen molar-refractivity contribution in [2.45, 2.75) is 26.2 Å². The van der Waals surface area contributed by atoms with Gasteiger partial charge >= 0.3 is 0 Å². The molecule has 114 valence electrons. The van der Waals surface area contributed by atoms with Gasteiger partial charge in [-0.15, -0.1) is 11.3 Å². The number of thiazole rings is 1. The van der Waals surface area contributed by atoms with Crippen LogP contribution in [0.1, 0.15) is 31.5 Å². The van der Waals surface area contributed by atoms with Gasteiger partial charge in [0.05, 0.1) is 17.8 Å². The highest BCUT2D eigenvalue weighted by molar-refractivity contribution is 7.11. The Bertz CT molecular complexity index is 741. The lowest BCUT2D eigenvalue weighted by molar-refractivity contribution is 0.411. The fourth-order valence-electron chi connectivity index (χ4n) is 2.37. The number of aromatic nitrogens is 1. The molecule has 5 heteroatoms. The summed E-state index contributed by atoms with van der Waals surface area (Å²) in [7, 11) is 0. The first kappa shape index (κ1) is 14.8. The Labute approximate surface area is 134 Å². The summed E-state index contributed by atoms with van der Waals surface area (Å²) >= 11 is 1.48. The number of hydrogen-bond donors (Lipinski definition) is 2. The van der Waals surface area contributed by atoms with Gasteiger partial charge in [0, 0.05) is 16.5 Å². The standard InChI is InChI=1S/C17H19N3OS/c1-17(2,3)13-10-22-16(19-13)14-12(21)9-20(15(14)18)11-7-5-4-6-8-11/h4-8,10,18,21H,9H2,1-3H3. The monoisotopic (exact) mass is 313 g/mol. The van der Waals surface area contributed by atoms with Crippen molar-refractivity contribution in [3.8, 4) is 0 Å². The molecule has 0 atom stereocenters. The minimum atomic E-state index is -0.0369. The molecule has 0 amide bonds. The van der Waals surface area contributed by atoms with Crippen LogP contribution in [0.5, 0.6) is 0 Å². The van der Waals surface area contributed by atoms with Crippen LogP contribution in [0.4, 0.5) is 5.69 Å². The number of nitrogens with one attached hydrogen (secondary N) is 1. The molecule has 1 aliphatic rings. The molecule has 2 heterocycles. The lowest BCUT2D eigenvalue weighted by atomic mass is 9.93. The Balaban J connectivity index is 1.93. The first-order chi connectivity index (χ1) is 10.4. The summed E-state index contributed by atoms with van der Waals surface area (Å²) in [5, 5.41) is 21.5. The van der Waals surface area contributed by atoms with Gasteiger partial charge < -0.3 is 10.0 Å². The van der Waals surface area contributed by atoms with E-state index in [0.29, 0.717) is 23.0 Å². The van der Waals surface area contributed by atoms with E-state index in [9.17, 15) is 5.11 Å². The Hall–Kier alpha value is -2.14. The second-order valence-corrected chi connectivity index (χ2v) is 7.24. The molecule has 0 fully saturated rings. The van der Waals surface area contributed by atoms with Gasteiger partial charge in [-0.1, -0.05) is 39.0 Å². The number of anilines is 1. The van der Waals surface area contributed by atoms with E-state index in [0.717, 1.165) is 11.4 Å². The number of para-hydroxylation sites is 1. The maximum absolute atomic E-state index is 10.3. The fourth-order valence-corrected chi connectivity index (χ4v) is 3.48. The quantitative estimate of drug-likeness (QED) is 0.873. The summed E-state index contributed by atoms with van der Waals surface area (Å²) in [6.45, 7) is 6.64. The zero-order valence-corrected chi connectivity index (χ0v) is 13.7. The number of nitrogens with zero attached hydrogens (tertiary/aromatic N) is 2. The number of amidine groups is 1. The van der Waals surface area contributed by atoms with E-state index >= 15 is 0 Å². The van der Waals surface area contributed by atoms with Crippen LogP contribution in [0, 0.1) is 5.41 Å². The van der Waals surface area contributed by atoms with E-state index in [1.807, 2.05) is 35.7 Å². The molecule has 0 bridgehead atoms. The molecule has 0 spiro atoms. The molecule has 0 radical (unpaired) electrons. The largest absolute Gasteiger partial charge is 0.510 e. The van der Waals surface area contributed by atoms with Crippen LogP contribution in [0.3, 0.4) is 0 Å². The molecule has 1 aromatic heterocycles. The second-order valence-electron chi connectivity index (χ2n) is 6.38.